The summed E-state index contributed by atoms with van der Waals surface area (Å²) in [6.45, 7) is 2.49. The van der Waals surface area contributed by atoms with Crippen molar-refractivity contribution in [2.24, 2.45) is 0 Å². The van der Waals surface area contributed by atoms with Gasteiger partial charge in [-0.3, -0.25) is 0 Å². The molecule has 108 valence electrons. The van der Waals surface area contributed by atoms with Crippen molar-refractivity contribution in [2.75, 3.05) is 11.5 Å². The molecule has 8 nitrogen and oxygen atoms in total. The number of rotatable bonds is 4. The molecule has 0 spiro atoms. The molecule has 0 aromatic rings. The van der Waals surface area contributed by atoms with Gasteiger partial charge in [0, 0.05) is 0 Å². The van der Waals surface area contributed by atoms with E-state index in [0.29, 0.717) is 0 Å². The minimum Gasteiger partial charge on any atom is -0.748 e. The Morgan fingerprint density at radius 2 is 1.06 bits per heavy atom. The van der Waals surface area contributed by atoms with Crippen LogP contribution in [0.25, 0.3) is 0 Å². The van der Waals surface area contributed by atoms with Gasteiger partial charge in [-0.2, -0.15) is 0 Å². The second-order valence-electron chi connectivity index (χ2n) is 3.15. The van der Waals surface area contributed by atoms with Crippen molar-refractivity contribution in [3.8, 4) is 0 Å². The van der Waals surface area contributed by atoms with E-state index in [4.69, 9.17) is 10.2 Å². The van der Waals surface area contributed by atoms with Gasteiger partial charge in [0.1, 0.15) is 0 Å². The number of hydrogen-bond acceptors (Lipinski definition) is 8. The molecule has 0 aromatic carbocycles. The third-order valence-electron chi connectivity index (χ3n) is 0.891. The van der Waals surface area contributed by atoms with Crippen LogP contribution in [0.2, 0.25) is 0 Å². The maximum absolute atomic E-state index is 9.73. The summed E-state index contributed by atoms with van der Waals surface area (Å²) >= 11 is 0. The summed E-state index contributed by atoms with van der Waals surface area (Å²) < 4.78 is 58.4. The van der Waals surface area contributed by atoms with Crippen molar-refractivity contribution >= 4 is 20.2 Å². The summed E-state index contributed by atoms with van der Waals surface area (Å²) in [7, 11) is -8.45. The van der Waals surface area contributed by atoms with Crippen molar-refractivity contribution in [1.29, 1.82) is 0 Å². The Balaban J connectivity index is -0.000000218. The van der Waals surface area contributed by atoms with E-state index in [2.05, 4.69) is 0 Å². The summed E-state index contributed by atoms with van der Waals surface area (Å²) in [6.07, 6.45) is -2.12. The molecular weight excluding hydrogens is 323 g/mol. The van der Waals surface area contributed by atoms with Gasteiger partial charge in [-0.25, -0.2) is 16.8 Å². The van der Waals surface area contributed by atoms with Crippen molar-refractivity contribution < 1.29 is 52.6 Å². The molecule has 0 aliphatic rings. The number of aliphatic hydroxyl groups is 2. The molecule has 17 heavy (non-hydrogen) atoms. The first-order valence-corrected chi connectivity index (χ1v) is 7.22. The Morgan fingerprint density at radius 1 is 0.882 bits per heavy atom. The normalized spacial score (nSPS) is 14.9. The molecule has 0 fully saturated rings. The van der Waals surface area contributed by atoms with Crippen molar-refractivity contribution in [3.05, 3.63) is 0 Å². The maximum Gasteiger partial charge on any atom is 2.00 e. The fraction of sp³-hybridized carbons (Fsp3) is 1.00. The van der Waals surface area contributed by atoms with Crippen molar-refractivity contribution in [3.63, 3.8) is 0 Å². The average Bonchev–Trinajstić information content (AvgIpc) is 1.72. The van der Waals surface area contributed by atoms with E-state index in [1.165, 1.54) is 13.8 Å². The Bertz CT molecular complexity index is 333. The van der Waals surface area contributed by atoms with Crippen LogP contribution < -0.4 is 0 Å². The maximum atomic E-state index is 9.73. The molecule has 0 saturated carbocycles. The molecule has 11 heteroatoms. The van der Waals surface area contributed by atoms with Gasteiger partial charge in [0.25, 0.3) is 0 Å². The van der Waals surface area contributed by atoms with Crippen LogP contribution in [0.5, 0.6) is 0 Å². The van der Waals surface area contributed by atoms with E-state index in [0.717, 1.165) is 0 Å². The largest absolute Gasteiger partial charge is 2.00 e. The van der Waals surface area contributed by atoms with Crippen LogP contribution >= 0.6 is 0 Å². The fourth-order valence-corrected chi connectivity index (χ4v) is 1.77. The summed E-state index contributed by atoms with van der Waals surface area (Å²) in [5, 5.41) is 16.6. The molecular formula is C6H14NiO8S2. The quantitative estimate of drug-likeness (QED) is 0.433. The van der Waals surface area contributed by atoms with Gasteiger partial charge < -0.3 is 19.3 Å². The van der Waals surface area contributed by atoms with Crippen LogP contribution in [0.1, 0.15) is 13.8 Å². The van der Waals surface area contributed by atoms with Crippen LogP contribution in [0.15, 0.2) is 0 Å². The summed E-state index contributed by atoms with van der Waals surface area (Å²) in [4.78, 5) is 0. The van der Waals surface area contributed by atoms with E-state index < -0.39 is 43.9 Å². The Hall–Kier alpha value is 0.234. The van der Waals surface area contributed by atoms with Crippen LogP contribution in [0, 0.1) is 0 Å². The van der Waals surface area contributed by atoms with Gasteiger partial charge in [-0.05, 0) is 13.8 Å². The predicted molar refractivity (Wildman–Crippen MR) is 52.5 cm³/mol. The van der Waals surface area contributed by atoms with Crippen LogP contribution in [-0.4, -0.2) is 59.9 Å². The molecule has 0 aromatic heterocycles. The first kappa shape index (κ1) is 22.4. The zero-order valence-electron chi connectivity index (χ0n) is 9.05. The van der Waals surface area contributed by atoms with E-state index in [1.54, 1.807) is 0 Å². The van der Waals surface area contributed by atoms with Gasteiger partial charge >= 0.3 is 16.5 Å². The first-order chi connectivity index (χ1) is 6.83. The molecule has 0 aliphatic heterocycles. The Kier molecular flexibility index (Phi) is 12.1. The number of hydrogen-bond donors (Lipinski definition) is 2. The fourth-order valence-electron chi connectivity index (χ4n) is 0.591. The van der Waals surface area contributed by atoms with Crippen LogP contribution in [-0.2, 0) is 36.7 Å². The second kappa shape index (κ2) is 9.20. The predicted octanol–water partition coefficient (Wildman–Crippen LogP) is -2.18. The first-order valence-electron chi connectivity index (χ1n) is 4.06. The molecule has 2 unspecified atom stereocenters. The molecule has 0 rings (SSSR count). The van der Waals surface area contributed by atoms with E-state index in [1.807, 2.05) is 0 Å². The van der Waals surface area contributed by atoms with E-state index >= 15 is 0 Å². The van der Waals surface area contributed by atoms with Crippen molar-refractivity contribution in [1.82, 2.24) is 0 Å². The second-order valence-corrected chi connectivity index (χ2v) is 6.04. The molecule has 2 N–H and O–H groups in total. The smallest absolute Gasteiger partial charge is 0.748 e. The minimum absolute atomic E-state index is 0. The molecule has 0 radical (unpaired) electrons. The zero-order valence-corrected chi connectivity index (χ0v) is 11.7. The topological polar surface area (TPSA) is 155 Å². The summed E-state index contributed by atoms with van der Waals surface area (Å²) in [5.41, 5.74) is 0. The van der Waals surface area contributed by atoms with Crippen LogP contribution in [0.3, 0.4) is 0 Å². The molecule has 2 atom stereocenters. The van der Waals surface area contributed by atoms with Gasteiger partial charge in [-0.15, -0.1) is 0 Å². The summed E-state index contributed by atoms with van der Waals surface area (Å²) in [5.74, 6) is -1.40. The van der Waals surface area contributed by atoms with Gasteiger partial charge in [0.15, 0.2) is 0 Å². The van der Waals surface area contributed by atoms with E-state index in [-0.39, 0.29) is 16.5 Å². The SMILES string of the molecule is CC(O)CS(=O)(=O)[O-].CC(O)CS(=O)(=O)[O-].[Ni+2]. The molecule has 0 saturated heterocycles. The standard InChI is InChI=1S/2C3H8O4S.Ni/c2*1-3(4)2-8(5,6)7;/h2*3-4H,2H2,1H3,(H,5,6,7);/q;;+2/p-2. The van der Waals surface area contributed by atoms with Crippen LogP contribution in [0.4, 0.5) is 0 Å². The zero-order chi connectivity index (χ0) is 13.6. The number of aliphatic hydroxyl groups excluding tert-OH is 2. The Labute approximate surface area is 110 Å². The monoisotopic (exact) mass is 336 g/mol. The molecule has 0 amide bonds. The average molecular weight is 337 g/mol. The third-order valence-corrected chi connectivity index (χ3v) is 2.67. The molecule has 0 bridgehead atoms. The Morgan fingerprint density at radius 3 is 1.06 bits per heavy atom. The van der Waals surface area contributed by atoms with E-state index in [9.17, 15) is 25.9 Å². The van der Waals surface area contributed by atoms with Gasteiger partial charge in [0.2, 0.25) is 0 Å². The van der Waals surface area contributed by atoms with Gasteiger partial charge in [-0.1, -0.05) is 0 Å². The minimum atomic E-state index is -4.22. The summed E-state index contributed by atoms with van der Waals surface area (Å²) in [6, 6.07) is 0. The third kappa shape index (κ3) is 31.4. The van der Waals surface area contributed by atoms with Gasteiger partial charge in [0.05, 0.1) is 43.9 Å². The van der Waals surface area contributed by atoms with Crippen molar-refractivity contribution in [2.45, 2.75) is 26.1 Å². The molecule has 0 heterocycles. The molecule has 0 aliphatic carbocycles.